The van der Waals surface area contributed by atoms with Gasteiger partial charge in [0.2, 0.25) is 0 Å². The molecule has 0 aliphatic carbocycles. The third-order valence-corrected chi connectivity index (χ3v) is 2.18. The first-order valence-corrected chi connectivity index (χ1v) is 4.02. The third kappa shape index (κ3) is 0.783. The lowest BCUT2D eigenvalue weighted by Crippen LogP contribution is -1.67. The maximum absolute atomic E-state index is 9.29. The van der Waals surface area contributed by atoms with E-state index < -0.39 is 0 Å². The van der Waals surface area contributed by atoms with Gasteiger partial charge in [0.05, 0.1) is 11.8 Å². The van der Waals surface area contributed by atoms with Gasteiger partial charge in [-0.1, -0.05) is 0 Å². The summed E-state index contributed by atoms with van der Waals surface area (Å²) in [7, 11) is 0. The molecule has 0 spiro atoms. The molecule has 3 rings (SSSR count). The Balaban J connectivity index is 2.61. The fraction of sp³-hybridized carbons (Fsp3) is 0. The number of aromatic nitrogens is 1. The molecule has 2 N–H and O–H groups in total. The molecule has 64 valence electrons. The van der Waals surface area contributed by atoms with E-state index in [1.54, 1.807) is 18.4 Å². The lowest BCUT2D eigenvalue weighted by atomic mass is 10.2. The summed E-state index contributed by atoms with van der Waals surface area (Å²) in [6, 6.07) is 7.04. The van der Waals surface area contributed by atoms with Crippen LogP contribution in [0.5, 0.6) is 5.75 Å². The van der Waals surface area contributed by atoms with Crippen molar-refractivity contribution >= 4 is 22.0 Å². The molecule has 2 aromatic heterocycles. The first-order chi connectivity index (χ1) is 6.34. The number of hydrogen-bond donors (Lipinski definition) is 2. The van der Waals surface area contributed by atoms with Crippen molar-refractivity contribution in [3.05, 3.63) is 30.5 Å². The van der Waals surface area contributed by atoms with Crippen molar-refractivity contribution in [3.8, 4) is 5.75 Å². The molecule has 0 bridgehead atoms. The fourth-order valence-corrected chi connectivity index (χ4v) is 1.59. The van der Waals surface area contributed by atoms with Crippen LogP contribution >= 0.6 is 0 Å². The van der Waals surface area contributed by atoms with Gasteiger partial charge in [-0.15, -0.1) is 0 Å². The molecule has 0 unspecified atom stereocenters. The minimum absolute atomic E-state index is 0.254. The Morgan fingerprint density at radius 1 is 1.15 bits per heavy atom. The summed E-state index contributed by atoms with van der Waals surface area (Å²) in [5.74, 6) is 0.254. The van der Waals surface area contributed by atoms with Crippen LogP contribution in [0.15, 0.2) is 34.9 Å². The molecule has 0 saturated heterocycles. The highest BCUT2D eigenvalue weighted by Crippen LogP contribution is 2.28. The van der Waals surface area contributed by atoms with E-state index in [9.17, 15) is 5.11 Å². The summed E-state index contributed by atoms with van der Waals surface area (Å²) in [5, 5.41) is 10.2. The van der Waals surface area contributed by atoms with Crippen LogP contribution in [0.25, 0.3) is 22.0 Å². The van der Waals surface area contributed by atoms with Crippen LogP contribution < -0.4 is 0 Å². The Kier molecular flexibility index (Phi) is 1.05. The second kappa shape index (κ2) is 2.07. The van der Waals surface area contributed by atoms with Crippen LogP contribution in [0.1, 0.15) is 0 Å². The molecular formula is C10H7NO2. The van der Waals surface area contributed by atoms with Gasteiger partial charge in [0.25, 0.3) is 0 Å². The zero-order chi connectivity index (χ0) is 8.84. The van der Waals surface area contributed by atoms with Crippen molar-refractivity contribution in [2.24, 2.45) is 0 Å². The van der Waals surface area contributed by atoms with E-state index in [4.69, 9.17) is 4.42 Å². The average Bonchev–Trinajstić information content (AvgIpc) is 2.64. The Labute approximate surface area is 73.6 Å². The second-order valence-electron chi connectivity index (χ2n) is 3.02. The largest absolute Gasteiger partial charge is 0.508 e. The molecule has 0 aliphatic rings. The summed E-state index contributed by atoms with van der Waals surface area (Å²) >= 11 is 0. The van der Waals surface area contributed by atoms with E-state index in [1.807, 2.05) is 12.1 Å². The standard InChI is InChI=1S/C10H7NO2/c12-6-1-2-8-7(5-6)10-9(11-8)3-4-13-10/h1-5,11-12H. The molecule has 0 saturated carbocycles. The highest BCUT2D eigenvalue weighted by Gasteiger charge is 2.06. The Bertz CT molecular complexity index is 577. The molecule has 2 heterocycles. The number of aromatic amines is 1. The Hall–Kier alpha value is -1.90. The SMILES string of the molecule is Oc1ccc2[nH]c3ccoc3c2c1. The van der Waals surface area contributed by atoms with Crippen molar-refractivity contribution in [2.75, 3.05) is 0 Å². The quantitative estimate of drug-likeness (QED) is 0.549. The van der Waals surface area contributed by atoms with Crippen LogP contribution in [0, 0.1) is 0 Å². The van der Waals surface area contributed by atoms with E-state index in [0.29, 0.717) is 0 Å². The molecular weight excluding hydrogens is 166 g/mol. The number of benzene rings is 1. The predicted octanol–water partition coefficient (Wildman–Crippen LogP) is 2.62. The highest BCUT2D eigenvalue weighted by molar-refractivity contribution is 6.04. The van der Waals surface area contributed by atoms with Gasteiger partial charge in [-0.05, 0) is 18.2 Å². The molecule has 3 heteroatoms. The average molecular weight is 173 g/mol. The number of phenols is 1. The second-order valence-corrected chi connectivity index (χ2v) is 3.02. The van der Waals surface area contributed by atoms with E-state index in [-0.39, 0.29) is 5.75 Å². The van der Waals surface area contributed by atoms with Crippen LogP contribution in [-0.4, -0.2) is 10.1 Å². The predicted molar refractivity (Wildman–Crippen MR) is 49.7 cm³/mol. The van der Waals surface area contributed by atoms with Gasteiger partial charge in [0, 0.05) is 17.0 Å². The topological polar surface area (TPSA) is 49.2 Å². The first-order valence-electron chi connectivity index (χ1n) is 4.02. The Morgan fingerprint density at radius 3 is 3.00 bits per heavy atom. The van der Waals surface area contributed by atoms with Gasteiger partial charge in [-0.2, -0.15) is 0 Å². The summed E-state index contributed by atoms with van der Waals surface area (Å²) in [5.41, 5.74) is 2.73. The van der Waals surface area contributed by atoms with Crippen molar-refractivity contribution in [3.63, 3.8) is 0 Å². The van der Waals surface area contributed by atoms with Crippen molar-refractivity contribution in [1.29, 1.82) is 0 Å². The molecule has 0 amide bonds. The van der Waals surface area contributed by atoms with Gasteiger partial charge in [0.1, 0.15) is 5.75 Å². The first kappa shape index (κ1) is 6.60. The van der Waals surface area contributed by atoms with Gasteiger partial charge >= 0.3 is 0 Å². The smallest absolute Gasteiger partial charge is 0.159 e. The number of furan rings is 1. The molecule has 3 nitrogen and oxygen atoms in total. The maximum Gasteiger partial charge on any atom is 0.159 e. The molecule has 0 radical (unpaired) electrons. The lowest BCUT2D eigenvalue weighted by Gasteiger charge is -1.90. The van der Waals surface area contributed by atoms with Gasteiger partial charge in [0.15, 0.2) is 5.58 Å². The van der Waals surface area contributed by atoms with E-state index >= 15 is 0 Å². The Morgan fingerprint density at radius 2 is 2.08 bits per heavy atom. The molecule has 3 aromatic rings. The monoisotopic (exact) mass is 173 g/mol. The third-order valence-electron chi connectivity index (χ3n) is 2.18. The maximum atomic E-state index is 9.29. The normalized spacial score (nSPS) is 11.4. The fourth-order valence-electron chi connectivity index (χ4n) is 1.59. The number of rotatable bonds is 0. The van der Waals surface area contributed by atoms with Crippen LogP contribution in [0.3, 0.4) is 0 Å². The van der Waals surface area contributed by atoms with Crippen LogP contribution in [0.2, 0.25) is 0 Å². The zero-order valence-electron chi connectivity index (χ0n) is 6.74. The minimum atomic E-state index is 0.254. The summed E-state index contributed by atoms with van der Waals surface area (Å²) in [6.07, 6.45) is 1.63. The van der Waals surface area contributed by atoms with E-state index in [1.165, 1.54) is 0 Å². The molecule has 0 atom stereocenters. The molecule has 13 heavy (non-hydrogen) atoms. The number of fused-ring (bicyclic) bond motifs is 3. The summed E-state index contributed by atoms with van der Waals surface area (Å²) < 4.78 is 5.28. The summed E-state index contributed by atoms with van der Waals surface area (Å²) in [4.78, 5) is 3.18. The number of nitrogens with one attached hydrogen (secondary N) is 1. The van der Waals surface area contributed by atoms with Crippen molar-refractivity contribution in [2.45, 2.75) is 0 Å². The molecule has 1 aromatic carbocycles. The van der Waals surface area contributed by atoms with Gasteiger partial charge in [-0.3, -0.25) is 0 Å². The number of aromatic hydroxyl groups is 1. The van der Waals surface area contributed by atoms with Crippen LogP contribution in [0.4, 0.5) is 0 Å². The zero-order valence-corrected chi connectivity index (χ0v) is 6.74. The molecule has 0 aliphatic heterocycles. The lowest BCUT2D eigenvalue weighted by molar-refractivity contribution is 0.476. The van der Waals surface area contributed by atoms with Gasteiger partial charge < -0.3 is 14.5 Å². The highest BCUT2D eigenvalue weighted by atomic mass is 16.3. The molecule has 0 fully saturated rings. The summed E-state index contributed by atoms with van der Waals surface area (Å²) in [6.45, 7) is 0. The number of phenolic OH excluding ortho intramolecular Hbond substituents is 1. The van der Waals surface area contributed by atoms with Gasteiger partial charge in [-0.25, -0.2) is 0 Å². The number of hydrogen-bond acceptors (Lipinski definition) is 2. The van der Waals surface area contributed by atoms with Crippen molar-refractivity contribution in [1.82, 2.24) is 4.98 Å². The number of H-pyrrole nitrogens is 1. The van der Waals surface area contributed by atoms with E-state index in [0.717, 1.165) is 22.0 Å². The van der Waals surface area contributed by atoms with E-state index in [2.05, 4.69) is 4.98 Å². The minimum Gasteiger partial charge on any atom is -0.508 e. The van der Waals surface area contributed by atoms with Crippen LogP contribution in [-0.2, 0) is 0 Å². The van der Waals surface area contributed by atoms with Crippen molar-refractivity contribution < 1.29 is 9.52 Å².